The summed E-state index contributed by atoms with van der Waals surface area (Å²) in [5.74, 6) is 0.0745. The van der Waals surface area contributed by atoms with Gasteiger partial charge in [0, 0.05) is 0 Å². The van der Waals surface area contributed by atoms with Crippen molar-refractivity contribution in [2.24, 2.45) is 5.92 Å². The molecule has 1 aliphatic rings. The van der Waals surface area contributed by atoms with E-state index in [2.05, 4.69) is 17.0 Å². The largest absolute Gasteiger partial charge is 0.490 e. The van der Waals surface area contributed by atoms with Crippen LogP contribution in [0.5, 0.6) is 5.75 Å². The van der Waals surface area contributed by atoms with E-state index in [-0.39, 0.29) is 18.3 Å². The van der Waals surface area contributed by atoms with Crippen LogP contribution in [0.1, 0.15) is 57.9 Å². The zero-order valence-electron chi connectivity index (χ0n) is 18.1. The number of carboxylic acids is 1. The fourth-order valence-electron chi connectivity index (χ4n) is 3.80. The minimum Gasteiger partial charge on any atom is -0.490 e. The van der Waals surface area contributed by atoms with Crippen LogP contribution in [0.15, 0.2) is 24.3 Å². The molecule has 2 rings (SSSR count). The van der Waals surface area contributed by atoms with Crippen LogP contribution in [0.3, 0.4) is 0 Å². The van der Waals surface area contributed by atoms with Crippen LogP contribution < -0.4 is 14.8 Å². The molecule has 0 saturated carbocycles. The molecule has 8 heteroatoms. The summed E-state index contributed by atoms with van der Waals surface area (Å²) in [7, 11) is -3.61. The quantitative estimate of drug-likeness (QED) is 0.436. The molecule has 1 fully saturated rings. The molecule has 1 aromatic carbocycles. The maximum absolute atomic E-state index is 12.1. The van der Waals surface area contributed by atoms with Crippen molar-refractivity contribution in [3.63, 3.8) is 0 Å². The molecule has 2 atom stereocenters. The molecular formula is C22H36N2O5S. The van der Waals surface area contributed by atoms with Crippen LogP contribution in [-0.2, 0) is 21.2 Å². The van der Waals surface area contributed by atoms with Crippen LogP contribution in [0.25, 0.3) is 0 Å². The lowest BCUT2D eigenvalue weighted by Gasteiger charge is -2.31. The number of unbranched alkanes of at least 4 members (excludes halogenated alkanes) is 1. The van der Waals surface area contributed by atoms with Gasteiger partial charge in [0.05, 0.1) is 5.75 Å². The van der Waals surface area contributed by atoms with Gasteiger partial charge >= 0.3 is 5.97 Å². The van der Waals surface area contributed by atoms with Crippen molar-refractivity contribution in [3.05, 3.63) is 29.8 Å². The number of piperidine rings is 1. The fourth-order valence-corrected chi connectivity index (χ4v) is 5.20. The highest BCUT2D eigenvalue weighted by molar-refractivity contribution is 7.89. The second-order valence-electron chi connectivity index (χ2n) is 8.06. The molecule has 1 heterocycles. The molecule has 2 unspecified atom stereocenters. The van der Waals surface area contributed by atoms with Gasteiger partial charge in [0.1, 0.15) is 17.9 Å². The Hall–Kier alpha value is -1.64. The highest BCUT2D eigenvalue weighted by atomic mass is 32.2. The van der Waals surface area contributed by atoms with Crippen molar-refractivity contribution in [1.82, 2.24) is 10.0 Å². The lowest BCUT2D eigenvalue weighted by atomic mass is 9.89. The van der Waals surface area contributed by atoms with E-state index in [1.165, 1.54) is 0 Å². The number of carbonyl (C=O) groups is 1. The van der Waals surface area contributed by atoms with Gasteiger partial charge in [-0.15, -0.1) is 0 Å². The minimum absolute atomic E-state index is 0.0600. The zero-order chi connectivity index (χ0) is 22.0. The van der Waals surface area contributed by atoms with Crippen LogP contribution in [0, 0.1) is 5.92 Å². The Morgan fingerprint density at radius 2 is 1.87 bits per heavy atom. The molecule has 1 aliphatic heterocycles. The third-order valence-corrected chi connectivity index (χ3v) is 6.99. The van der Waals surface area contributed by atoms with Crippen molar-refractivity contribution in [1.29, 1.82) is 0 Å². The summed E-state index contributed by atoms with van der Waals surface area (Å²) in [6.45, 7) is 6.11. The molecule has 0 radical (unpaired) electrons. The third kappa shape index (κ3) is 8.24. The molecule has 1 saturated heterocycles. The SMILES string of the molecule is CCCCS(=O)(=O)NC(Cc1ccc(OC(CCC)C2CCNCC2)cc1)C(=O)O. The van der Waals surface area contributed by atoms with E-state index in [1.807, 2.05) is 31.2 Å². The molecule has 30 heavy (non-hydrogen) atoms. The fraction of sp³-hybridized carbons (Fsp3) is 0.682. The van der Waals surface area contributed by atoms with E-state index in [0.717, 1.165) is 56.5 Å². The lowest BCUT2D eigenvalue weighted by molar-refractivity contribution is -0.138. The Kier molecular flexibility index (Phi) is 10.1. The van der Waals surface area contributed by atoms with E-state index in [4.69, 9.17) is 4.74 Å². The molecule has 170 valence electrons. The van der Waals surface area contributed by atoms with Crippen LogP contribution in [0.4, 0.5) is 0 Å². The molecule has 1 aromatic rings. The predicted molar refractivity (Wildman–Crippen MR) is 118 cm³/mol. The maximum atomic E-state index is 12.1. The molecular weight excluding hydrogens is 404 g/mol. The van der Waals surface area contributed by atoms with Crippen molar-refractivity contribution < 1.29 is 23.1 Å². The lowest BCUT2D eigenvalue weighted by Crippen LogP contribution is -2.43. The van der Waals surface area contributed by atoms with E-state index in [9.17, 15) is 18.3 Å². The van der Waals surface area contributed by atoms with Crippen LogP contribution >= 0.6 is 0 Å². The molecule has 0 spiro atoms. The number of carboxylic acid groups (broad SMARTS) is 1. The Morgan fingerprint density at radius 3 is 2.43 bits per heavy atom. The predicted octanol–water partition coefficient (Wildman–Crippen LogP) is 2.95. The summed E-state index contributed by atoms with van der Waals surface area (Å²) in [6, 6.07) is 6.16. The van der Waals surface area contributed by atoms with Gasteiger partial charge in [-0.25, -0.2) is 13.1 Å². The molecule has 0 aromatic heterocycles. The summed E-state index contributed by atoms with van der Waals surface area (Å²) < 4.78 is 32.8. The molecule has 0 aliphatic carbocycles. The van der Waals surface area contributed by atoms with Crippen LogP contribution in [-0.4, -0.2) is 50.5 Å². The molecule has 3 N–H and O–H groups in total. The second kappa shape index (κ2) is 12.3. The van der Waals surface area contributed by atoms with Gasteiger partial charge < -0.3 is 15.2 Å². The number of ether oxygens (including phenoxy) is 1. The van der Waals surface area contributed by atoms with Gasteiger partial charge in [0.25, 0.3) is 0 Å². The third-order valence-electron chi connectivity index (χ3n) is 5.52. The Balaban J connectivity index is 1.99. The Morgan fingerprint density at radius 1 is 1.20 bits per heavy atom. The smallest absolute Gasteiger partial charge is 0.322 e. The van der Waals surface area contributed by atoms with E-state index < -0.39 is 22.0 Å². The summed E-state index contributed by atoms with van der Waals surface area (Å²) in [4.78, 5) is 11.6. The molecule has 0 amide bonds. The number of aliphatic carboxylic acids is 1. The van der Waals surface area contributed by atoms with E-state index in [1.54, 1.807) is 0 Å². The maximum Gasteiger partial charge on any atom is 0.322 e. The summed E-state index contributed by atoms with van der Waals surface area (Å²) >= 11 is 0. The Bertz CT molecular complexity index is 745. The molecule has 0 bridgehead atoms. The zero-order valence-corrected chi connectivity index (χ0v) is 18.9. The minimum atomic E-state index is -3.61. The summed E-state index contributed by atoms with van der Waals surface area (Å²) in [5.41, 5.74) is 0.752. The average Bonchev–Trinajstić information content (AvgIpc) is 2.73. The normalized spacial score (nSPS) is 17.4. The van der Waals surface area contributed by atoms with E-state index in [0.29, 0.717) is 12.3 Å². The number of rotatable bonds is 13. The van der Waals surface area contributed by atoms with Gasteiger partial charge in [-0.2, -0.15) is 0 Å². The van der Waals surface area contributed by atoms with Crippen LogP contribution in [0.2, 0.25) is 0 Å². The van der Waals surface area contributed by atoms with Gasteiger partial charge in [-0.3, -0.25) is 4.79 Å². The van der Waals surface area contributed by atoms with Crippen molar-refractivity contribution in [2.45, 2.75) is 70.9 Å². The first kappa shape index (κ1) is 24.6. The average molecular weight is 441 g/mol. The monoisotopic (exact) mass is 440 g/mol. The first-order chi connectivity index (χ1) is 14.3. The topological polar surface area (TPSA) is 105 Å². The number of hydrogen-bond donors (Lipinski definition) is 3. The number of hydrogen-bond acceptors (Lipinski definition) is 5. The highest BCUT2D eigenvalue weighted by Crippen LogP contribution is 2.25. The van der Waals surface area contributed by atoms with Gasteiger partial charge in [-0.1, -0.05) is 38.8 Å². The van der Waals surface area contributed by atoms with Crippen molar-refractivity contribution >= 4 is 16.0 Å². The number of sulfonamides is 1. The number of nitrogens with one attached hydrogen (secondary N) is 2. The summed E-state index contributed by atoms with van der Waals surface area (Å²) in [6.07, 6.45) is 5.80. The second-order valence-corrected chi connectivity index (χ2v) is 9.94. The number of benzene rings is 1. The first-order valence-electron chi connectivity index (χ1n) is 11.0. The Labute approximate surface area is 180 Å². The van der Waals surface area contributed by atoms with Gasteiger partial charge in [-0.05, 0) is 68.8 Å². The van der Waals surface area contributed by atoms with Gasteiger partial charge in [0.15, 0.2) is 0 Å². The first-order valence-corrected chi connectivity index (χ1v) is 12.7. The highest BCUT2D eigenvalue weighted by Gasteiger charge is 2.26. The standard InChI is InChI=1S/C22H36N2O5S/c1-3-5-15-30(27,28)24-20(22(25)26)16-17-7-9-19(10-8-17)29-21(6-4-2)18-11-13-23-14-12-18/h7-10,18,20-21,23-24H,3-6,11-16H2,1-2H3,(H,25,26). The summed E-state index contributed by atoms with van der Waals surface area (Å²) in [5, 5.41) is 12.8. The van der Waals surface area contributed by atoms with Crippen molar-refractivity contribution in [2.75, 3.05) is 18.8 Å². The van der Waals surface area contributed by atoms with E-state index >= 15 is 0 Å². The molecule has 7 nitrogen and oxygen atoms in total. The van der Waals surface area contributed by atoms with Crippen molar-refractivity contribution in [3.8, 4) is 5.75 Å². The van der Waals surface area contributed by atoms with Gasteiger partial charge in [0.2, 0.25) is 10.0 Å².